The summed E-state index contributed by atoms with van der Waals surface area (Å²) in [5.74, 6) is -0.0623. The van der Waals surface area contributed by atoms with Gasteiger partial charge in [0.15, 0.2) is 12.2 Å². The van der Waals surface area contributed by atoms with Gasteiger partial charge in [0.05, 0.1) is 25.6 Å². The Bertz CT molecular complexity index is 1180. The molecule has 0 aromatic carbocycles. The number of H-pyrrole nitrogens is 1. The molecule has 1 aromatic rings. The van der Waals surface area contributed by atoms with Crippen molar-refractivity contribution < 1.29 is 18.6 Å². The van der Waals surface area contributed by atoms with E-state index in [-0.39, 0.29) is 43.5 Å². The summed E-state index contributed by atoms with van der Waals surface area (Å²) in [6.45, 7) is 13.4. The maximum atomic E-state index is 12.9. The Balaban J connectivity index is 2.10. The fraction of sp³-hybridized carbons (Fsp3) is 0.708. The minimum atomic E-state index is -1.66. The van der Waals surface area contributed by atoms with Crippen molar-refractivity contribution in [2.24, 2.45) is 4.99 Å². The first kappa shape index (κ1) is 29.9. The number of amides is 1. The number of aryl methyl sites for hydroxylation is 1. The van der Waals surface area contributed by atoms with Crippen LogP contribution >= 0.6 is 8.53 Å². The molecule has 2 unspecified atom stereocenters. The average molecular weight is 552 g/mol. The number of nitrogens with one attached hydrogen (secondary N) is 3. The van der Waals surface area contributed by atoms with Gasteiger partial charge in [0.25, 0.3) is 14.1 Å². The van der Waals surface area contributed by atoms with Crippen molar-refractivity contribution in [1.82, 2.24) is 24.9 Å². The van der Waals surface area contributed by atoms with Gasteiger partial charge < -0.3 is 19.1 Å². The van der Waals surface area contributed by atoms with E-state index >= 15 is 0 Å². The number of ether oxygens (including phenoxy) is 1. The third-order valence-electron chi connectivity index (χ3n) is 6.49. The molecule has 0 saturated carbocycles. The zero-order valence-corrected chi connectivity index (χ0v) is 23.9. The first-order valence-electron chi connectivity index (χ1n) is 12.8. The van der Waals surface area contributed by atoms with Crippen molar-refractivity contribution in [2.75, 3.05) is 13.2 Å². The van der Waals surface area contributed by atoms with E-state index in [4.69, 9.17) is 19.0 Å². The molecule has 3 N–H and O–H groups in total. The van der Waals surface area contributed by atoms with Crippen LogP contribution in [0.2, 0.25) is 0 Å². The number of guanidine groups is 1. The van der Waals surface area contributed by atoms with E-state index in [0.29, 0.717) is 12.0 Å². The standard InChI is InChI=1S/C24H38N7O6P/c1-8-24-13-26-22(27-17(7)32)28-18(21(36-24)30-12-16(6)20(33)29-23(30)34)19(24)37-38(35-11-9-10-25)31(14(2)3)15(4)5/h12,14-15,18-19,21H,8-9,11,13H2,1-7H3,(H,29,33,34)(H2,26,27,28,32)/t18?,19-,21-,24+,38?/m1/s1. The molecule has 13 nitrogen and oxygen atoms in total. The lowest BCUT2D eigenvalue weighted by molar-refractivity contribution is -0.117. The van der Waals surface area contributed by atoms with Gasteiger partial charge in [-0.15, -0.1) is 0 Å². The minimum absolute atomic E-state index is 0.0736. The highest BCUT2D eigenvalue weighted by molar-refractivity contribution is 7.44. The molecule has 2 aliphatic heterocycles. The number of hydrogen-bond acceptors (Lipinski definition) is 10. The molecule has 0 aliphatic carbocycles. The molecule has 5 atom stereocenters. The van der Waals surface area contributed by atoms with E-state index in [1.54, 1.807) is 6.92 Å². The van der Waals surface area contributed by atoms with Gasteiger partial charge in [-0.25, -0.2) is 14.5 Å². The van der Waals surface area contributed by atoms with Crippen molar-refractivity contribution in [3.63, 3.8) is 0 Å². The summed E-state index contributed by atoms with van der Waals surface area (Å²) in [4.78, 5) is 43.7. The molecule has 0 radical (unpaired) electrons. The number of hydrogen-bond donors (Lipinski definition) is 3. The Morgan fingerprint density at radius 3 is 2.66 bits per heavy atom. The van der Waals surface area contributed by atoms with E-state index < -0.39 is 43.7 Å². The number of carbonyl (C=O) groups is 1. The summed E-state index contributed by atoms with van der Waals surface area (Å²) in [5, 5.41) is 15.0. The number of aromatic amines is 1. The number of aliphatic imine (C=N–C) groups is 1. The summed E-state index contributed by atoms with van der Waals surface area (Å²) in [6.07, 6.45) is 0.592. The summed E-state index contributed by atoms with van der Waals surface area (Å²) in [5.41, 5.74) is -1.74. The van der Waals surface area contributed by atoms with Crippen LogP contribution in [0.3, 0.4) is 0 Å². The second kappa shape index (κ2) is 12.5. The van der Waals surface area contributed by atoms with E-state index in [2.05, 4.69) is 31.3 Å². The molecule has 3 rings (SSSR count). The Morgan fingerprint density at radius 1 is 1.39 bits per heavy atom. The van der Waals surface area contributed by atoms with Crippen LogP contribution in [0.5, 0.6) is 0 Å². The van der Waals surface area contributed by atoms with Gasteiger partial charge in [0, 0.05) is 30.8 Å². The predicted molar refractivity (Wildman–Crippen MR) is 142 cm³/mol. The van der Waals surface area contributed by atoms with Gasteiger partial charge >= 0.3 is 5.69 Å². The van der Waals surface area contributed by atoms with E-state index in [0.717, 1.165) is 0 Å². The number of nitrogens with zero attached hydrogens (tertiary/aromatic N) is 4. The number of nitriles is 1. The summed E-state index contributed by atoms with van der Waals surface area (Å²) >= 11 is 0. The Labute approximate surface area is 223 Å². The highest BCUT2D eigenvalue weighted by Gasteiger charge is 2.59. The van der Waals surface area contributed by atoms with Crippen LogP contribution in [0.15, 0.2) is 20.8 Å². The van der Waals surface area contributed by atoms with Gasteiger partial charge in [-0.1, -0.05) is 6.92 Å². The zero-order valence-electron chi connectivity index (χ0n) is 23.0. The van der Waals surface area contributed by atoms with Crippen LogP contribution in [-0.2, 0) is 18.6 Å². The second-order valence-electron chi connectivity index (χ2n) is 9.99. The smallest absolute Gasteiger partial charge is 0.330 e. The number of aromatic nitrogens is 2. The van der Waals surface area contributed by atoms with E-state index in [9.17, 15) is 14.4 Å². The predicted octanol–water partition coefficient (Wildman–Crippen LogP) is 1.65. The van der Waals surface area contributed by atoms with Crippen molar-refractivity contribution in [3.8, 4) is 6.07 Å². The Morgan fingerprint density at radius 2 is 2.08 bits per heavy atom. The summed E-state index contributed by atoms with van der Waals surface area (Å²) in [7, 11) is -1.66. The summed E-state index contributed by atoms with van der Waals surface area (Å²) in [6, 6.07) is 1.56. The van der Waals surface area contributed by atoms with Crippen molar-refractivity contribution in [1.29, 1.82) is 5.26 Å². The van der Waals surface area contributed by atoms with Crippen LogP contribution in [0.25, 0.3) is 0 Å². The van der Waals surface area contributed by atoms with E-state index in [1.807, 2.05) is 34.6 Å². The second-order valence-corrected chi connectivity index (χ2v) is 11.4. The monoisotopic (exact) mass is 551 g/mol. The van der Waals surface area contributed by atoms with E-state index in [1.165, 1.54) is 17.7 Å². The molecule has 1 fully saturated rings. The fourth-order valence-electron chi connectivity index (χ4n) is 4.74. The van der Waals surface area contributed by atoms with Gasteiger partial charge in [-0.05, 0) is 41.0 Å². The maximum absolute atomic E-state index is 12.9. The lowest BCUT2D eigenvalue weighted by Crippen LogP contribution is -2.53. The molecule has 210 valence electrons. The molecular weight excluding hydrogens is 513 g/mol. The molecule has 3 heterocycles. The van der Waals surface area contributed by atoms with Gasteiger partial charge in [0.2, 0.25) is 5.91 Å². The van der Waals surface area contributed by atoms with Crippen LogP contribution in [0.1, 0.15) is 66.2 Å². The molecule has 1 aromatic heterocycles. The topological polar surface area (TPSA) is 163 Å². The highest BCUT2D eigenvalue weighted by Crippen LogP contribution is 2.53. The minimum Gasteiger partial charge on any atom is -0.346 e. The molecule has 1 amide bonds. The average Bonchev–Trinajstić information content (AvgIpc) is 3.03. The van der Waals surface area contributed by atoms with Crippen LogP contribution < -0.4 is 21.9 Å². The zero-order chi connectivity index (χ0) is 28.2. The normalized spacial score (nSPS) is 25.6. The Hall–Kier alpha value is -2.62. The summed E-state index contributed by atoms with van der Waals surface area (Å²) < 4.78 is 23.0. The number of fused-ring (bicyclic) bond motifs is 2. The molecular formula is C24H38N7O6P. The molecule has 2 aliphatic rings. The molecule has 0 spiro atoms. The van der Waals surface area contributed by atoms with Crippen LogP contribution in [-0.4, -0.2) is 69.1 Å². The quantitative estimate of drug-likeness (QED) is 0.290. The third kappa shape index (κ3) is 6.33. The van der Waals surface area contributed by atoms with Crippen LogP contribution in [0, 0.1) is 18.3 Å². The molecule has 38 heavy (non-hydrogen) atoms. The molecule has 1 saturated heterocycles. The first-order valence-corrected chi connectivity index (χ1v) is 13.9. The Kier molecular flexibility index (Phi) is 9.84. The lowest BCUT2D eigenvalue weighted by Gasteiger charge is -2.40. The third-order valence-corrected chi connectivity index (χ3v) is 8.61. The lowest BCUT2D eigenvalue weighted by atomic mass is 9.91. The van der Waals surface area contributed by atoms with Crippen molar-refractivity contribution in [2.45, 2.75) is 97.4 Å². The van der Waals surface area contributed by atoms with Gasteiger partial charge in [0.1, 0.15) is 17.7 Å². The fourth-order valence-corrected chi connectivity index (χ4v) is 6.57. The number of rotatable bonds is 10. The molecule has 2 bridgehead atoms. The van der Waals surface area contributed by atoms with Crippen molar-refractivity contribution >= 4 is 20.4 Å². The molecule has 14 heteroatoms. The number of carbonyl (C=O) groups excluding carboxylic acids is 1. The maximum Gasteiger partial charge on any atom is 0.330 e. The van der Waals surface area contributed by atoms with Crippen molar-refractivity contribution in [3.05, 3.63) is 32.6 Å². The SMILES string of the molecule is CC[C@@]12CN=C(NC(C)=O)NC([C@H](n3cc(C)c(=O)[nH]c3=O)O1)[C@H]2OP(OCCC#N)N(C(C)C)C(C)C. The van der Waals surface area contributed by atoms with Gasteiger partial charge in [-0.3, -0.25) is 24.5 Å². The first-order chi connectivity index (χ1) is 17.9. The van der Waals surface area contributed by atoms with Crippen LogP contribution in [0.4, 0.5) is 0 Å². The highest BCUT2D eigenvalue weighted by atomic mass is 31.2. The van der Waals surface area contributed by atoms with Gasteiger partial charge in [-0.2, -0.15) is 5.26 Å². The largest absolute Gasteiger partial charge is 0.346 e.